The average Bonchev–Trinajstić information content (AvgIpc) is 3.51. The van der Waals surface area contributed by atoms with Crippen LogP contribution < -0.4 is 10.2 Å². The minimum Gasteiger partial charge on any atom is -0.356 e. The molecule has 5 rings (SSSR count). The van der Waals surface area contributed by atoms with Gasteiger partial charge in [0.05, 0.1) is 11.4 Å². The molecule has 1 atom stereocenters. The Balaban J connectivity index is 1.56. The molecule has 2 N–H and O–H groups in total. The molecule has 1 unspecified atom stereocenters. The monoisotopic (exact) mass is 471 g/mol. The first-order chi connectivity index (χ1) is 16.9. The zero-order valence-electron chi connectivity index (χ0n) is 20.0. The predicted molar refractivity (Wildman–Crippen MR) is 135 cm³/mol. The molecule has 2 aromatic heterocycles. The summed E-state index contributed by atoms with van der Waals surface area (Å²) in [5, 5.41) is 18.5. The van der Waals surface area contributed by atoms with Crippen molar-refractivity contribution in [3.8, 4) is 5.69 Å². The molecule has 3 heterocycles. The van der Waals surface area contributed by atoms with E-state index in [0.717, 1.165) is 22.6 Å². The number of para-hydroxylation sites is 1. The highest BCUT2D eigenvalue weighted by Crippen LogP contribution is 2.38. The van der Waals surface area contributed by atoms with Crippen LogP contribution in [0.5, 0.6) is 0 Å². The molecule has 0 fully saturated rings. The van der Waals surface area contributed by atoms with E-state index in [1.165, 1.54) is 11.2 Å². The highest BCUT2D eigenvalue weighted by molar-refractivity contribution is 6.07. The Labute approximate surface area is 204 Å². The Bertz CT molecular complexity index is 1300. The second-order valence-corrected chi connectivity index (χ2v) is 9.17. The number of anilines is 3. The van der Waals surface area contributed by atoms with Gasteiger partial charge >= 0.3 is 0 Å². The number of fused-ring (bicyclic) bond motifs is 1. The van der Waals surface area contributed by atoms with Crippen LogP contribution >= 0.6 is 0 Å². The van der Waals surface area contributed by atoms with Crippen molar-refractivity contribution in [1.82, 2.24) is 24.2 Å². The number of nitrogens with one attached hydrogen (secondary N) is 1. The molecular weight excluding hydrogens is 442 g/mol. The Morgan fingerprint density at radius 1 is 1.09 bits per heavy atom. The Morgan fingerprint density at radius 2 is 1.83 bits per heavy atom. The van der Waals surface area contributed by atoms with Crippen LogP contribution in [0, 0.1) is 5.92 Å². The second-order valence-electron chi connectivity index (χ2n) is 9.17. The van der Waals surface area contributed by atoms with Crippen LogP contribution in [-0.4, -0.2) is 55.2 Å². The van der Waals surface area contributed by atoms with E-state index < -0.39 is 6.35 Å². The fraction of sp³-hybridized carbons (Fsp3) is 0.269. The van der Waals surface area contributed by atoms with Crippen molar-refractivity contribution >= 4 is 23.1 Å². The van der Waals surface area contributed by atoms with Gasteiger partial charge in [0.25, 0.3) is 5.91 Å². The summed E-state index contributed by atoms with van der Waals surface area (Å²) < 4.78 is 3.75. The molecule has 0 saturated carbocycles. The average molecular weight is 472 g/mol. The maximum absolute atomic E-state index is 13.4. The van der Waals surface area contributed by atoms with Gasteiger partial charge in [0.15, 0.2) is 0 Å². The Morgan fingerprint density at radius 3 is 2.49 bits per heavy atom. The maximum atomic E-state index is 13.4. The highest BCUT2D eigenvalue weighted by atomic mass is 16.3. The lowest BCUT2D eigenvalue weighted by molar-refractivity contribution is 0.0129. The summed E-state index contributed by atoms with van der Waals surface area (Å²) in [4.78, 5) is 20.7. The number of aliphatic hydroxyl groups is 1. The number of rotatable bonds is 7. The van der Waals surface area contributed by atoms with Gasteiger partial charge < -0.3 is 19.9 Å². The van der Waals surface area contributed by atoms with Crippen LogP contribution in [0.1, 0.15) is 29.8 Å². The summed E-state index contributed by atoms with van der Waals surface area (Å²) in [5.74, 6) is 0.785. The molecule has 1 amide bonds. The molecule has 0 saturated heterocycles. The lowest BCUT2D eigenvalue weighted by Crippen LogP contribution is -2.54. The number of amides is 1. The van der Waals surface area contributed by atoms with E-state index in [-0.39, 0.29) is 5.91 Å². The SMILES string of the molecule is CC(C)CN1c2cn(Cc3ccc(-n4cncn4)cc3)c(Nc3ccccc3)c2C(=O)N(C)C1O. The molecule has 0 bridgehead atoms. The summed E-state index contributed by atoms with van der Waals surface area (Å²) in [6.07, 6.45) is 4.11. The number of aliphatic hydroxyl groups excluding tert-OH is 1. The number of nitrogens with zero attached hydrogens (tertiary/aromatic N) is 6. The number of carbonyl (C=O) groups excluding carboxylic acids is 1. The van der Waals surface area contributed by atoms with E-state index in [1.54, 1.807) is 18.1 Å². The Kier molecular flexibility index (Phi) is 6.00. The van der Waals surface area contributed by atoms with Crippen molar-refractivity contribution in [2.75, 3.05) is 23.8 Å². The van der Waals surface area contributed by atoms with E-state index in [2.05, 4.69) is 29.2 Å². The minimum atomic E-state index is -1.01. The van der Waals surface area contributed by atoms with Gasteiger partial charge in [0.1, 0.15) is 24.0 Å². The van der Waals surface area contributed by atoms with E-state index in [4.69, 9.17) is 0 Å². The number of benzene rings is 2. The minimum absolute atomic E-state index is 0.216. The quantitative estimate of drug-likeness (QED) is 0.427. The largest absolute Gasteiger partial charge is 0.356 e. The molecule has 35 heavy (non-hydrogen) atoms. The summed E-state index contributed by atoms with van der Waals surface area (Å²) in [6.45, 7) is 5.36. The first-order valence-corrected chi connectivity index (χ1v) is 11.6. The van der Waals surface area contributed by atoms with Gasteiger partial charge in [-0.2, -0.15) is 5.10 Å². The third kappa shape index (κ3) is 4.38. The maximum Gasteiger partial charge on any atom is 0.262 e. The molecule has 9 nitrogen and oxygen atoms in total. The van der Waals surface area contributed by atoms with Crippen LogP contribution in [0.2, 0.25) is 0 Å². The fourth-order valence-electron chi connectivity index (χ4n) is 4.38. The lowest BCUT2D eigenvalue weighted by Gasteiger charge is -2.40. The molecule has 180 valence electrons. The summed E-state index contributed by atoms with van der Waals surface area (Å²) in [7, 11) is 1.63. The zero-order valence-corrected chi connectivity index (χ0v) is 20.0. The van der Waals surface area contributed by atoms with Crippen LogP contribution in [-0.2, 0) is 6.54 Å². The second kappa shape index (κ2) is 9.27. The van der Waals surface area contributed by atoms with Gasteiger partial charge in [-0.15, -0.1) is 0 Å². The van der Waals surface area contributed by atoms with Gasteiger partial charge in [-0.25, -0.2) is 9.67 Å². The van der Waals surface area contributed by atoms with E-state index in [1.807, 2.05) is 70.3 Å². The first kappa shape index (κ1) is 22.7. The third-order valence-electron chi connectivity index (χ3n) is 6.10. The van der Waals surface area contributed by atoms with E-state index in [9.17, 15) is 9.90 Å². The number of carbonyl (C=O) groups is 1. The Hall–Kier alpha value is -4.11. The van der Waals surface area contributed by atoms with Crippen molar-refractivity contribution in [3.63, 3.8) is 0 Å². The van der Waals surface area contributed by atoms with Crippen LogP contribution in [0.4, 0.5) is 17.2 Å². The molecule has 9 heteroatoms. The van der Waals surface area contributed by atoms with E-state index in [0.29, 0.717) is 30.4 Å². The van der Waals surface area contributed by atoms with Crippen molar-refractivity contribution in [2.24, 2.45) is 5.92 Å². The van der Waals surface area contributed by atoms with Gasteiger partial charge in [0.2, 0.25) is 6.35 Å². The van der Waals surface area contributed by atoms with Gasteiger partial charge in [-0.3, -0.25) is 9.69 Å². The number of aromatic nitrogens is 4. The van der Waals surface area contributed by atoms with Crippen molar-refractivity contribution in [3.05, 3.63) is 84.6 Å². The van der Waals surface area contributed by atoms with Gasteiger partial charge in [-0.05, 0) is 35.7 Å². The number of hydrogen-bond acceptors (Lipinski definition) is 6. The summed E-state index contributed by atoms with van der Waals surface area (Å²) in [6, 6.07) is 17.9. The topological polar surface area (TPSA) is 91.5 Å². The van der Waals surface area contributed by atoms with Crippen LogP contribution in [0.3, 0.4) is 0 Å². The standard InChI is InChI=1S/C26H29N7O2/c1-18(2)13-32-22-15-31(14-19-9-11-21(12-10-19)33-17-27-16-28-33)24(29-20-7-5-4-6-8-20)23(22)25(34)30(3)26(32)35/h4-12,15-18,26,29,35H,13-14H2,1-3H3. The normalized spacial score (nSPS) is 15.6. The summed E-state index contributed by atoms with van der Waals surface area (Å²) in [5.41, 5.74) is 4.15. The molecule has 0 spiro atoms. The van der Waals surface area contributed by atoms with Gasteiger partial charge in [-0.1, -0.05) is 44.2 Å². The molecule has 0 radical (unpaired) electrons. The molecule has 0 aliphatic carbocycles. The third-order valence-corrected chi connectivity index (χ3v) is 6.10. The predicted octanol–water partition coefficient (Wildman–Crippen LogP) is 3.68. The molecule has 1 aliphatic heterocycles. The van der Waals surface area contributed by atoms with Crippen LogP contribution in [0.15, 0.2) is 73.4 Å². The fourth-order valence-corrected chi connectivity index (χ4v) is 4.38. The van der Waals surface area contributed by atoms with Crippen molar-refractivity contribution in [1.29, 1.82) is 0 Å². The zero-order chi connectivity index (χ0) is 24.5. The van der Waals surface area contributed by atoms with Crippen molar-refractivity contribution in [2.45, 2.75) is 26.7 Å². The van der Waals surface area contributed by atoms with Crippen molar-refractivity contribution < 1.29 is 9.90 Å². The smallest absolute Gasteiger partial charge is 0.262 e. The molecule has 2 aromatic carbocycles. The first-order valence-electron chi connectivity index (χ1n) is 11.6. The number of hydrogen-bond donors (Lipinski definition) is 2. The lowest BCUT2D eigenvalue weighted by atomic mass is 10.1. The highest BCUT2D eigenvalue weighted by Gasteiger charge is 2.38. The van der Waals surface area contributed by atoms with Gasteiger partial charge in [0, 0.05) is 32.0 Å². The summed E-state index contributed by atoms with van der Waals surface area (Å²) >= 11 is 0. The molecular formula is C26H29N7O2. The molecule has 1 aliphatic rings. The van der Waals surface area contributed by atoms with Crippen LogP contribution in [0.25, 0.3) is 5.69 Å². The molecule has 4 aromatic rings. The van der Waals surface area contributed by atoms with E-state index >= 15 is 0 Å².